The molecule has 0 N–H and O–H groups in total. The fourth-order valence-corrected chi connectivity index (χ4v) is 4.47. The van der Waals surface area contributed by atoms with Gasteiger partial charge in [0.15, 0.2) is 0 Å². The van der Waals surface area contributed by atoms with E-state index in [1.165, 1.54) is 63.4 Å². The van der Waals surface area contributed by atoms with Crippen LogP contribution in [-0.4, -0.2) is 18.5 Å². The van der Waals surface area contributed by atoms with Gasteiger partial charge in [0.1, 0.15) is 0 Å². The van der Waals surface area contributed by atoms with Crippen LogP contribution in [-0.2, 0) is 10.2 Å². The van der Waals surface area contributed by atoms with E-state index in [1.54, 1.807) is 0 Å². The summed E-state index contributed by atoms with van der Waals surface area (Å²) in [6.45, 7) is 5.61. The van der Waals surface area contributed by atoms with Crippen LogP contribution in [0.2, 0.25) is 0 Å². The van der Waals surface area contributed by atoms with Crippen molar-refractivity contribution in [1.82, 2.24) is 0 Å². The van der Waals surface area contributed by atoms with Crippen molar-refractivity contribution in [2.75, 3.05) is 12.4 Å². The van der Waals surface area contributed by atoms with E-state index in [1.807, 2.05) is 0 Å². The number of unbranched alkanes of at least 4 members (excludes halogenated alkanes) is 1. The molecule has 2 rings (SSSR count). The van der Waals surface area contributed by atoms with Gasteiger partial charge in [-0.15, -0.1) is 0 Å². The normalized spacial score (nSPS) is 20.9. The molecule has 1 saturated heterocycles. The number of hydrogen-bond acceptors (Lipinski definition) is 2. The van der Waals surface area contributed by atoms with E-state index in [9.17, 15) is 0 Å². The topological polar surface area (TPSA) is 9.23 Å². The number of thiol groups is 1. The van der Waals surface area contributed by atoms with Gasteiger partial charge >= 0.3 is 0 Å². The Bertz CT molecular complexity index is 439. The predicted octanol–water partition coefficient (Wildman–Crippen LogP) is 6.42. The third-order valence-corrected chi connectivity index (χ3v) is 5.90. The first-order chi connectivity index (χ1) is 11.7. The van der Waals surface area contributed by atoms with E-state index < -0.39 is 0 Å². The maximum atomic E-state index is 6.37. The van der Waals surface area contributed by atoms with Gasteiger partial charge in [0.05, 0.1) is 6.10 Å². The predicted molar refractivity (Wildman–Crippen MR) is 108 cm³/mol. The average Bonchev–Trinajstić information content (AvgIpc) is 2.62. The third-order valence-electron chi connectivity index (χ3n) is 5.58. The monoisotopic (exact) mass is 348 g/mol. The summed E-state index contributed by atoms with van der Waals surface area (Å²) < 4.78 is 6.37. The van der Waals surface area contributed by atoms with Crippen LogP contribution in [0.1, 0.15) is 77.2 Å². The molecule has 1 aromatic carbocycles. The summed E-state index contributed by atoms with van der Waals surface area (Å²) in [5.41, 5.74) is 1.69. The van der Waals surface area contributed by atoms with Gasteiger partial charge < -0.3 is 4.74 Å². The zero-order chi connectivity index (χ0) is 17.3. The van der Waals surface area contributed by atoms with Crippen molar-refractivity contribution < 1.29 is 4.74 Å². The molecular formula is C22H36OS. The average molecular weight is 349 g/mol. The van der Waals surface area contributed by atoms with Crippen LogP contribution in [0.25, 0.3) is 0 Å². The molecule has 0 bridgehead atoms. The Balaban J connectivity index is 2.25. The molecule has 0 saturated carbocycles. The molecule has 1 aliphatic rings. The summed E-state index contributed by atoms with van der Waals surface area (Å²) in [6.07, 6.45) is 11.7. The van der Waals surface area contributed by atoms with Gasteiger partial charge in [0.25, 0.3) is 0 Å². The first-order valence-corrected chi connectivity index (χ1v) is 10.6. The highest BCUT2D eigenvalue weighted by Crippen LogP contribution is 2.43. The van der Waals surface area contributed by atoms with E-state index in [-0.39, 0.29) is 5.41 Å². The minimum Gasteiger partial charge on any atom is -0.377 e. The van der Waals surface area contributed by atoms with Crippen LogP contribution in [0.5, 0.6) is 0 Å². The number of rotatable bonds is 10. The highest BCUT2D eigenvalue weighted by molar-refractivity contribution is 7.80. The summed E-state index contributed by atoms with van der Waals surface area (Å²) >= 11 is 4.43. The lowest BCUT2D eigenvalue weighted by Gasteiger charge is -2.43. The van der Waals surface area contributed by atoms with Gasteiger partial charge in [-0.2, -0.15) is 12.6 Å². The first-order valence-electron chi connectivity index (χ1n) is 9.97. The van der Waals surface area contributed by atoms with Crippen LogP contribution in [0.3, 0.4) is 0 Å². The van der Waals surface area contributed by atoms with E-state index >= 15 is 0 Å². The van der Waals surface area contributed by atoms with E-state index in [0.717, 1.165) is 18.3 Å². The molecule has 0 spiro atoms. The van der Waals surface area contributed by atoms with Gasteiger partial charge in [-0.1, -0.05) is 63.4 Å². The van der Waals surface area contributed by atoms with Crippen LogP contribution >= 0.6 is 12.6 Å². The Hall–Kier alpha value is -0.470. The number of benzene rings is 1. The second-order valence-electron chi connectivity index (χ2n) is 7.84. The first kappa shape index (κ1) is 19.8. The summed E-state index contributed by atoms with van der Waals surface area (Å²) in [5, 5.41) is 0. The van der Waals surface area contributed by atoms with Crippen LogP contribution in [0.4, 0.5) is 0 Å². The van der Waals surface area contributed by atoms with Crippen molar-refractivity contribution in [2.24, 2.45) is 5.92 Å². The lowest BCUT2D eigenvalue weighted by molar-refractivity contribution is -0.0437. The highest BCUT2D eigenvalue weighted by Gasteiger charge is 2.40. The summed E-state index contributed by atoms with van der Waals surface area (Å²) in [6, 6.07) is 11.2. The molecule has 1 aliphatic heterocycles. The van der Waals surface area contributed by atoms with Crippen molar-refractivity contribution in [3.8, 4) is 0 Å². The zero-order valence-corrected chi connectivity index (χ0v) is 16.6. The molecular weight excluding hydrogens is 312 g/mol. The number of ether oxygens (including phenoxy) is 1. The fraction of sp³-hybridized carbons (Fsp3) is 0.727. The lowest BCUT2D eigenvalue weighted by atomic mass is 9.67. The molecule has 1 nitrogen and oxygen atoms in total. The summed E-state index contributed by atoms with van der Waals surface area (Å²) in [5.74, 6) is 1.77. The number of hydrogen-bond donors (Lipinski definition) is 1. The second kappa shape index (κ2) is 10.5. The Kier molecular flexibility index (Phi) is 8.69. The van der Waals surface area contributed by atoms with Crippen molar-refractivity contribution in [3.05, 3.63) is 35.9 Å². The van der Waals surface area contributed by atoms with Crippen molar-refractivity contribution in [1.29, 1.82) is 0 Å². The van der Waals surface area contributed by atoms with E-state index in [4.69, 9.17) is 4.74 Å². The summed E-state index contributed by atoms with van der Waals surface area (Å²) in [4.78, 5) is 0. The maximum absolute atomic E-state index is 6.37. The molecule has 2 heteroatoms. The molecule has 2 atom stereocenters. The Morgan fingerprint density at radius 2 is 1.83 bits per heavy atom. The van der Waals surface area contributed by atoms with Crippen LogP contribution < -0.4 is 0 Å². The van der Waals surface area contributed by atoms with Gasteiger partial charge in [0, 0.05) is 12.0 Å². The van der Waals surface area contributed by atoms with Crippen LogP contribution in [0.15, 0.2) is 30.3 Å². The minimum atomic E-state index is 0.194. The largest absolute Gasteiger partial charge is 0.377 e. The standard InChI is InChI=1S/C22H36OS/c1-19(2)11-10-16-22(15-7-9-18-24,20-12-4-3-5-13-20)21-14-6-8-17-23-21/h3-5,12-13,19,21,24H,6-11,14-18H2,1-2H3. The van der Waals surface area contributed by atoms with Gasteiger partial charge in [0.2, 0.25) is 0 Å². The molecule has 0 amide bonds. The lowest BCUT2D eigenvalue weighted by Crippen LogP contribution is -2.43. The van der Waals surface area contributed by atoms with Crippen molar-refractivity contribution in [2.45, 2.75) is 83.2 Å². The molecule has 0 radical (unpaired) electrons. The van der Waals surface area contributed by atoms with E-state index in [0.29, 0.717) is 6.10 Å². The molecule has 1 fully saturated rings. The van der Waals surface area contributed by atoms with Crippen molar-refractivity contribution in [3.63, 3.8) is 0 Å². The fourth-order valence-electron chi connectivity index (χ4n) is 4.25. The SMILES string of the molecule is CC(C)CCCC(CCCCS)(c1ccccc1)C1CCCCO1. The van der Waals surface area contributed by atoms with Gasteiger partial charge in [-0.3, -0.25) is 0 Å². The zero-order valence-electron chi connectivity index (χ0n) is 15.7. The minimum absolute atomic E-state index is 0.194. The Morgan fingerprint density at radius 3 is 2.46 bits per heavy atom. The van der Waals surface area contributed by atoms with Crippen molar-refractivity contribution >= 4 is 12.6 Å². The molecule has 0 aromatic heterocycles. The van der Waals surface area contributed by atoms with Gasteiger partial charge in [-0.05, 0) is 55.8 Å². The highest BCUT2D eigenvalue weighted by atomic mass is 32.1. The molecule has 24 heavy (non-hydrogen) atoms. The molecule has 136 valence electrons. The molecule has 1 aromatic rings. The van der Waals surface area contributed by atoms with Crippen LogP contribution in [0, 0.1) is 5.92 Å². The quantitative estimate of drug-likeness (QED) is 0.379. The summed E-state index contributed by atoms with van der Waals surface area (Å²) in [7, 11) is 0. The molecule has 1 heterocycles. The smallest absolute Gasteiger partial charge is 0.0671 e. The van der Waals surface area contributed by atoms with Gasteiger partial charge in [-0.25, -0.2) is 0 Å². The molecule has 0 aliphatic carbocycles. The van der Waals surface area contributed by atoms with E-state index in [2.05, 4.69) is 56.8 Å². The third kappa shape index (κ3) is 5.52. The Labute approximate surface area is 155 Å². The Morgan fingerprint density at radius 1 is 1.08 bits per heavy atom. The molecule has 2 unspecified atom stereocenters. The second-order valence-corrected chi connectivity index (χ2v) is 8.29. The maximum Gasteiger partial charge on any atom is 0.0671 e.